The Kier molecular flexibility index (Phi) is 6.41. The van der Waals surface area contributed by atoms with Gasteiger partial charge < -0.3 is 19.8 Å². The van der Waals surface area contributed by atoms with Crippen molar-refractivity contribution in [3.63, 3.8) is 0 Å². The number of carbonyl (C=O) groups is 2. The molecule has 7 nitrogen and oxygen atoms in total. The number of ether oxygens (including phenoxy) is 1. The minimum absolute atomic E-state index is 0.0116. The number of aliphatic hydroxyl groups is 2. The zero-order chi connectivity index (χ0) is 20.1. The molecule has 2 N–H and O–H groups in total. The Morgan fingerprint density at radius 2 is 1.93 bits per heavy atom. The third-order valence-corrected chi connectivity index (χ3v) is 4.62. The number of nitrogens with zero attached hydrogens (tertiary/aromatic N) is 2. The molecule has 146 valence electrons. The van der Waals surface area contributed by atoms with Crippen LogP contribution >= 0.6 is 11.6 Å². The summed E-state index contributed by atoms with van der Waals surface area (Å²) in [6.07, 6.45) is 3.13. The van der Waals surface area contributed by atoms with Gasteiger partial charge in [0, 0.05) is 29.5 Å². The Morgan fingerprint density at radius 3 is 2.57 bits per heavy atom. The fourth-order valence-electron chi connectivity index (χ4n) is 3.09. The lowest BCUT2D eigenvalue weighted by molar-refractivity contribution is -0.140. The van der Waals surface area contributed by atoms with E-state index < -0.39 is 17.7 Å². The van der Waals surface area contributed by atoms with Gasteiger partial charge in [0.25, 0.3) is 11.7 Å². The van der Waals surface area contributed by atoms with Crippen LogP contribution in [0.3, 0.4) is 0 Å². The molecule has 2 heterocycles. The Balaban J connectivity index is 2.03. The number of carbonyl (C=O) groups excluding carboxylic acids is 2. The lowest BCUT2D eigenvalue weighted by Crippen LogP contribution is -2.33. The van der Waals surface area contributed by atoms with Crippen LogP contribution in [0.25, 0.3) is 5.76 Å². The topological polar surface area (TPSA) is 100.0 Å². The molecule has 2 aromatic rings. The highest BCUT2D eigenvalue weighted by atomic mass is 35.5. The summed E-state index contributed by atoms with van der Waals surface area (Å²) in [6.45, 7) is 0.264. The van der Waals surface area contributed by atoms with Gasteiger partial charge in [0.1, 0.15) is 5.76 Å². The predicted octanol–water partition coefficient (Wildman–Crippen LogP) is 2.17. The Morgan fingerprint density at radius 1 is 1.18 bits per heavy atom. The van der Waals surface area contributed by atoms with Gasteiger partial charge in [-0.3, -0.25) is 14.6 Å². The van der Waals surface area contributed by atoms with E-state index in [1.54, 1.807) is 48.8 Å². The van der Waals surface area contributed by atoms with Crippen LogP contribution in [0.5, 0.6) is 0 Å². The van der Waals surface area contributed by atoms with Gasteiger partial charge in [0.15, 0.2) is 0 Å². The van der Waals surface area contributed by atoms with E-state index in [0.717, 1.165) is 0 Å². The minimum Gasteiger partial charge on any atom is -0.507 e. The maximum Gasteiger partial charge on any atom is 0.295 e. The van der Waals surface area contributed by atoms with Gasteiger partial charge in [-0.2, -0.15) is 0 Å². The molecule has 1 aromatic heterocycles. The second-order valence-electron chi connectivity index (χ2n) is 6.12. The van der Waals surface area contributed by atoms with Crippen molar-refractivity contribution in [1.29, 1.82) is 0 Å². The smallest absolute Gasteiger partial charge is 0.295 e. The van der Waals surface area contributed by atoms with Crippen molar-refractivity contribution in [3.8, 4) is 0 Å². The molecular formula is C20H19ClN2O5. The molecule has 1 amide bonds. The molecule has 1 aromatic carbocycles. The number of Topliss-reactive ketones (excluding diaryl/α,β-unsaturated/α-hetero) is 1. The molecule has 1 fully saturated rings. The molecule has 1 aliphatic rings. The second kappa shape index (κ2) is 8.97. The first kappa shape index (κ1) is 20.0. The summed E-state index contributed by atoms with van der Waals surface area (Å²) in [7, 11) is 0. The highest BCUT2D eigenvalue weighted by Gasteiger charge is 2.45. The molecule has 8 heteroatoms. The van der Waals surface area contributed by atoms with Crippen molar-refractivity contribution in [3.05, 3.63) is 70.5 Å². The SMILES string of the molecule is O=C1C(=O)N(CCOCCO)[C@@H](c2cccnc2)C1=C(O)c1ccc(Cl)cc1. The Bertz CT molecular complexity index is 883. The van der Waals surface area contributed by atoms with Crippen LogP contribution < -0.4 is 0 Å². The standard InChI is InChI=1S/C20H19ClN2O5/c21-15-5-3-13(4-6-15)18(25)16-17(14-2-1-7-22-12-14)23(20(27)19(16)26)8-10-28-11-9-24/h1-7,12,17,24-25H,8-11H2/t17-/m0/s1. The van der Waals surface area contributed by atoms with Crippen LogP contribution in [0.15, 0.2) is 54.4 Å². The first-order chi connectivity index (χ1) is 13.5. The molecule has 28 heavy (non-hydrogen) atoms. The van der Waals surface area contributed by atoms with Gasteiger partial charge in [-0.1, -0.05) is 17.7 Å². The summed E-state index contributed by atoms with van der Waals surface area (Å²) in [5.41, 5.74) is 0.967. The summed E-state index contributed by atoms with van der Waals surface area (Å²) in [5, 5.41) is 20.1. The largest absolute Gasteiger partial charge is 0.507 e. The average Bonchev–Trinajstić information content (AvgIpc) is 2.97. The molecule has 0 aliphatic carbocycles. The van der Waals surface area contributed by atoms with Crippen LogP contribution in [-0.4, -0.2) is 58.2 Å². The summed E-state index contributed by atoms with van der Waals surface area (Å²) >= 11 is 5.89. The van der Waals surface area contributed by atoms with Crippen molar-refractivity contribution >= 4 is 29.1 Å². The van der Waals surface area contributed by atoms with Crippen molar-refractivity contribution < 1.29 is 24.5 Å². The van der Waals surface area contributed by atoms with Gasteiger partial charge >= 0.3 is 0 Å². The van der Waals surface area contributed by atoms with E-state index in [1.165, 1.54) is 4.90 Å². The second-order valence-corrected chi connectivity index (χ2v) is 6.56. The molecular weight excluding hydrogens is 384 g/mol. The normalized spacial score (nSPS) is 18.6. The first-order valence-electron chi connectivity index (χ1n) is 8.67. The van der Waals surface area contributed by atoms with Crippen LogP contribution in [0.2, 0.25) is 5.02 Å². The molecule has 1 saturated heterocycles. The summed E-state index contributed by atoms with van der Waals surface area (Å²) < 4.78 is 5.24. The third kappa shape index (κ3) is 4.06. The monoisotopic (exact) mass is 402 g/mol. The van der Waals surface area contributed by atoms with Crippen molar-refractivity contribution in [2.75, 3.05) is 26.4 Å². The maximum absolute atomic E-state index is 12.7. The number of halogens is 1. The quantitative estimate of drug-likeness (QED) is 0.318. The summed E-state index contributed by atoms with van der Waals surface area (Å²) in [6, 6.07) is 8.98. The van der Waals surface area contributed by atoms with Crippen molar-refractivity contribution in [2.24, 2.45) is 0 Å². The van der Waals surface area contributed by atoms with E-state index in [-0.39, 0.29) is 37.7 Å². The number of likely N-dealkylation sites (tertiary alicyclic amines) is 1. The highest BCUT2D eigenvalue weighted by molar-refractivity contribution is 6.46. The zero-order valence-corrected chi connectivity index (χ0v) is 15.7. The molecule has 3 rings (SSSR count). The lowest BCUT2D eigenvalue weighted by atomic mass is 9.96. The number of hydrogen-bond acceptors (Lipinski definition) is 6. The number of aliphatic hydroxyl groups excluding tert-OH is 2. The van der Waals surface area contributed by atoms with Gasteiger partial charge in [-0.05, 0) is 35.9 Å². The van der Waals surface area contributed by atoms with E-state index in [1.807, 2.05) is 0 Å². The Hall–Kier alpha value is -2.74. The van der Waals surface area contributed by atoms with E-state index in [2.05, 4.69) is 4.98 Å². The van der Waals surface area contributed by atoms with Crippen LogP contribution in [0.1, 0.15) is 17.2 Å². The molecule has 0 unspecified atom stereocenters. The summed E-state index contributed by atoms with van der Waals surface area (Å²) in [5.74, 6) is -1.77. The molecule has 1 atom stereocenters. The number of pyridine rings is 1. The minimum atomic E-state index is -0.790. The van der Waals surface area contributed by atoms with Gasteiger partial charge in [0.05, 0.1) is 31.4 Å². The van der Waals surface area contributed by atoms with Crippen LogP contribution in [-0.2, 0) is 14.3 Å². The predicted molar refractivity (Wildman–Crippen MR) is 103 cm³/mol. The number of benzene rings is 1. The van der Waals surface area contributed by atoms with E-state index in [4.69, 9.17) is 21.4 Å². The maximum atomic E-state index is 12.7. The van der Waals surface area contributed by atoms with Gasteiger partial charge in [-0.25, -0.2) is 0 Å². The van der Waals surface area contributed by atoms with E-state index in [9.17, 15) is 14.7 Å². The molecule has 0 radical (unpaired) electrons. The fourth-order valence-corrected chi connectivity index (χ4v) is 3.21. The van der Waals surface area contributed by atoms with E-state index in [0.29, 0.717) is 16.1 Å². The number of hydrogen-bond donors (Lipinski definition) is 2. The third-order valence-electron chi connectivity index (χ3n) is 4.37. The molecule has 0 saturated carbocycles. The molecule has 1 aliphatic heterocycles. The van der Waals surface area contributed by atoms with Gasteiger partial charge in [-0.15, -0.1) is 0 Å². The first-order valence-corrected chi connectivity index (χ1v) is 9.05. The average molecular weight is 403 g/mol. The van der Waals surface area contributed by atoms with Gasteiger partial charge in [0.2, 0.25) is 0 Å². The molecule has 0 spiro atoms. The van der Waals surface area contributed by atoms with Crippen LogP contribution in [0, 0.1) is 0 Å². The highest BCUT2D eigenvalue weighted by Crippen LogP contribution is 2.38. The van der Waals surface area contributed by atoms with E-state index >= 15 is 0 Å². The molecule has 0 bridgehead atoms. The Labute approximate surface area is 166 Å². The zero-order valence-electron chi connectivity index (χ0n) is 14.9. The summed E-state index contributed by atoms with van der Waals surface area (Å²) in [4.78, 5) is 30.8. The lowest BCUT2D eigenvalue weighted by Gasteiger charge is -2.24. The van der Waals surface area contributed by atoms with Crippen molar-refractivity contribution in [1.82, 2.24) is 9.88 Å². The number of aromatic nitrogens is 1. The fraction of sp³-hybridized carbons (Fsp3) is 0.250. The van der Waals surface area contributed by atoms with Crippen molar-refractivity contribution in [2.45, 2.75) is 6.04 Å². The number of rotatable bonds is 7. The number of ketones is 1. The van der Waals surface area contributed by atoms with Crippen LogP contribution in [0.4, 0.5) is 0 Å². The number of amides is 1.